The molecule has 1 saturated carbocycles. The number of sulfone groups is 1. The summed E-state index contributed by atoms with van der Waals surface area (Å²) in [7, 11) is -3.02. The lowest BCUT2D eigenvalue weighted by Crippen LogP contribution is -2.54. The number of anilines is 1. The van der Waals surface area contributed by atoms with Crippen LogP contribution < -0.4 is 4.90 Å². The van der Waals surface area contributed by atoms with E-state index in [0.29, 0.717) is 13.0 Å². The van der Waals surface area contributed by atoms with Crippen molar-refractivity contribution in [1.29, 1.82) is 0 Å². The summed E-state index contributed by atoms with van der Waals surface area (Å²) in [5, 5.41) is 0. The minimum atomic E-state index is -3.02. The maximum Gasteiger partial charge on any atom is 0.237 e. The molecule has 4 rings (SSSR count). The third-order valence-electron chi connectivity index (χ3n) is 6.53. The van der Waals surface area contributed by atoms with E-state index in [1.165, 1.54) is 12.1 Å². The first-order valence-corrected chi connectivity index (χ1v) is 12.5. The predicted molar refractivity (Wildman–Crippen MR) is 111 cm³/mol. The summed E-state index contributed by atoms with van der Waals surface area (Å²) in [6.07, 6.45) is 4.78. The van der Waals surface area contributed by atoms with Crippen LogP contribution in [0.2, 0.25) is 0 Å². The van der Waals surface area contributed by atoms with Crippen LogP contribution in [0.5, 0.6) is 0 Å². The van der Waals surface area contributed by atoms with Crippen molar-refractivity contribution in [3.63, 3.8) is 0 Å². The van der Waals surface area contributed by atoms with Crippen LogP contribution in [0.1, 0.15) is 32.1 Å². The number of hydrogen-bond acceptors (Lipinski definition) is 5. The Bertz CT molecular complexity index is 816. The van der Waals surface area contributed by atoms with Gasteiger partial charge in [0.05, 0.1) is 18.1 Å². The van der Waals surface area contributed by atoms with Crippen LogP contribution in [-0.2, 0) is 14.6 Å². The van der Waals surface area contributed by atoms with Crippen LogP contribution in [0, 0.1) is 5.82 Å². The Morgan fingerprint density at radius 2 is 1.66 bits per heavy atom. The zero-order valence-corrected chi connectivity index (χ0v) is 17.6. The van der Waals surface area contributed by atoms with Crippen molar-refractivity contribution in [3.8, 4) is 0 Å². The second kappa shape index (κ2) is 8.60. The molecule has 0 aromatic heterocycles. The smallest absolute Gasteiger partial charge is 0.237 e. The highest BCUT2D eigenvalue weighted by Crippen LogP contribution is 2.29. The number of carbonyl (C=O) groups excluding carboxylic acids is 1. The van der Waals surface area contributed by atoms with E-state index in [2.05, 4.69) is 9.80 Å². The van der Waals surface area contributed by atoms with E-state index in [4.69, 9.17) is 0 Å². The van der Waals surface area contributed by atoms with Gasteiger partial charge >= 0.3 is 0 Å². The minimum absolute atomic E-state index is 0.0780. The highest BCUT2D eigenvalue weighted by molar-refractivity contribution is 7.91. The van der Waals surface area contributed by atoms with Crippen LogP contribution in [0.25, 0.3) is 0 Å². The van der Waals surface area contributed by atoms with E-state index < -0.39 is 9.84 Å². The van der Waals surface area contributed by atoms with Gasteiger partial charge in [-0.05, 0) is 43.5 Å². The molecule has 1 atom stereocenters. The number of piperazine rings is 1. The van der Waals surface area contributed by atoms with Crippen molar-refractivity contribution in [2.45, 2.75) is 44.2 Å². The van der Waals surface area contributed by atoms with E-state index in [0.717, 1.165) is 57.5 Å². The Morgan fingerprint density at radius 1 is 1.00 bits per heavy atom. The fourth-order valence-electron chi connectivity index (χ4n) is 4.97. The SMILES string of the molecule is O=C(CN1CCN(c2ccc(F)cc2)CC1)N(C1CCCC1)[C@H]1CCS(=O)(=O)C1. The highest BCUT2D eigenvalue weighted by Gasteiger charge is 2.39. The summed E-state index contributed by atoms with van der Waals surface area (Å²) in [6, 6.07) is 6.56. The molecule has 8 heteroatoms. The summed E-state index contributed by atoms with van der Waals surface area (Å²) >= 11 is 0. The molecule has 0 radical (unpaired) electrons. The molecule has 1 amide bonds. The molecule has 160 valence electrons. The largest absolute Gasteiger partial charge is 0.369 e. The second-order valence-corrected chi connectivity index (χ2v) is 10.8. The van der Waals surface area contributed by atoms with Crippen molar-refractivity contribution in [3.05, 3.63) is 30.1 Å². The average Bonchev–Trinajstić information content (AvgIpc) is 3.33. The number of carbonyl (C=O) groups is 1. The molecule has 2 heterocycles. The van der Waals surface area contributed by atoms with Gasteiger partial charge in [-0.1, -0.05) is 12.8 Å². The van der Waals surface area contributed by atoms with Crippen molar-refractivity contribution in [1.82, 2.24) is 9.80 Å². The molecule has 0 bridgehead atoms. The first-order chi connectivity index (χ1) is 13.9. The second-order valence-electron chi connectivity index (χ2n) is 8.54. The summed E-state index contributed by atoms with van der Waals surface area (Å²) in [5.41, 5.74) is 1.00. The number of amides is 1. The van der Waals surface area contributed by atoms with Gasteiger partial charge in [0.15, 0.2) is 9.84 Å². The zero-order valence-electron chi connectivity index (χ0n) is 16.8. The van der Waals surface area contributed by atoms with Crippen molar-refractivity contribution in [2.75, 3.05) is 49.1 Å². The molecule has 0 spiro atoms. The first kappa shape index (κ1) is 20.6. The third-order valence-corrected chi connectivity index (χ3v) is 8.28. The molecule has 3 fully saturated rings. The van der Waals surface area contributed by atoms with Gasteiger partial charge in [0.2, 0.25) is 5.91 Å². The van der Waals surface area contributed by atoms with E-state index in [9.17, 15) is 17.6 Å². The molecular formula is C21H30FN3O3S. The van der Waals surface area contributed by atoms with Gasteiger partial charge in [-0.2, -0.15) is 0 Å². The Morgan fingerprint density at radius 3 is 2.24 bits per heavy atom. The van der Waals surface area contributed by atoms with Crippen LogP contribution in [0.3, 0.4) is 0 Å². The van der Waals surface area contributed by atoms with Crippen LogP contribution in [0.4, 0.5) is 10.1 Å². The van der Waals surface area contributed by atoms with Crippen LogP contribution >= 0.6 is 0 Å². The molecule has 6 nitrogen and oxygen atoms in total. The number of rotatable bonds is 5. The quantitative estimate of drug-likeness (QED) is 0.724. The monoisotopic (exact) mass is 423 g/mol. The van der Waals surface area contributed by atoms with Gasteiger partial charge < -0.3 is 9.80 Å². The summed E-state index contributed by atoms with van der Waals surface area (Å²) in [6.45, 7) is 3.47. The number of benzene rings is 1. The summed E-state index contributed by atoms with van der Waals surface area (Å²) in [5.74, 6) is 0.158. The van der Waals surface area contributed by atoms with Gasteiger partial charge in [-0.25, -0.2) is 12.8 Å². The first-order valence-electron chi connectivity index (χ1n) is 10.7. The van der Waals surface area contributed by atoms with E-state index in [1.807, 2.05) is 4.90 Å². The number of hydrogen-bond donors (Lipinski definition) is 0. The van der Waals surface area contributed by atoms with Gasteiger partial charge in [0.1, 0.15) is 5.82 Å². The van der Waals surface area contributed by atoms with Gasteiger partial charge in [0.25, 0.3) is 0 Å². The number of halogens is 1. The Balaban J connectivity index is 1.36. The molecule has 2 saturated heterocycles. The molecular weight excluding hydrogens is 393 g/mol. The summed E-state index contributed by atoms with van der Waals surface area (Å²) < 4.78 is 37.1. The highest BCUT2D eigenvalue weighted by atomic mass is 32.2. The van der Waals surface area contributed by atoms with E-state index >= 15 is 0 Å². The standard InChI is InChI=1S/C21H30FN3O3S/c22-17-5-7-18(8-6-17)24-12-10-23(11-13-24)15-21(26)25(19-3-1-2-4-19)20-9-14-29(27,28)16-20/h5-8,19-20H,1-4,9-16H2/t20-/m0/s1. The normalized spacial score (nSPS) is 25.4. The lowest BCUT2D eigenvalue weighted by Gasteiger charge is -2.39. The molecule has 1 aromatic rings. The van der Waals surface area contributed by atoms with Crippen molar-refractivity contribution >= 4 is 21.4 Å². The topological polar surface area (TPSA) is 60.9 Å². The average molecular weight is 424 g/mol. The van der Waals surface area contributed by atoms with E-state index in [-0.39, 0.29) is 35.3 Å². The van der Waals surface area contributed by atoms with Gasteiger partial charge in [-0.15, -0.1) is 0 Å². The molecule has 3 aliphatic rings. The zero-order chi connectivity index (χ0) is 20.4. The minimum Gasteiger partial charge on any atom is -0.369 e. The summed E-state index contributed by atoms with van der Waals surface area (Å²) in [4.78, 5) is 19.5. The molecule has 0 unspecified atom stereocenters. The molecule has 2 aliphatic heterocycles. The molecule has 1 aliphatic carbocycles. The van der Waals surface area contributed by atoms with Crippen LogP contribution in [-0.4, -0.2) is 80.4 Å². The lowest BCUT2D eigenvalue weighted by molar-refractivity contribution is -0.137. The molecule has 29 heavy (non-hydrogen) atoms. The van der Waals surface area contributed by atoms with E-state index in [1.54, 1.807) is 12.1 Å². The van der Waals surface area contributed by atoms with Crippen molar-refractivity contribution < 1.29 is 17.6 Å². The third kappa shape index (κ3) is 4.91. The van der Waals surface area contributed by atoms with Gasteiger partial charge in [-0.3, -0.25) is 9.69 Å². The lowest BCUT2D eigenvalue weighted by atomic mass is 10.1. The Labute approximate surface area is 172 Å². The Kier molecular flexibility index (Phi) is 6.11. The van der Waals surface area contributed by atoms with Crippen molar-refractivity contribution in [2.24, 2.45) is 0 Å². The van der Waals surface area contributed by atoms with Crippen LogP contribution in [0.15, 0.2) is 24.3 Å². The Hall–Kier alpha value is -1.67. The molecule has 1 aromatic carbocycles. The fraction of sp³-hybridized carbons (Fsp3) is 0.667. The maximum absolute atomic E-state index is 13.2. The number of nitrogens with zero attached hydrogens (tertiary/aromatic N) is 3. The maximum atomic E-state index is 13.2. The predicted octanol–water partition coefficient (Wildman–Crippen LogP) is 1.91. The van der Waals surface area contributed by atoms with Gasteiger partial charge in [0, 0.05) is 44.0 Å². The fourth-order valence-corrected chi connectivity index (χ4v) is 6.68. The molecule has 0 N–H and O–H groups in total.